The van der Waals surface area contributed by atoms with Crippen LogP contribution < -0.4 is 20.1 Å². The van der Waals surface area contributed by atoms with Gasteiger partial charge in [0.2, 0.25) is 12.2 Å². The van der Waals surface area contributed by atoms with Gasteiger partial charge in [0.1, 0.15) is 0 Å². The van der Waals surface area contributed by atoms with Crippen LogP contribution in [0, 0.1) is 21.6 Å². The van der Waals surface area contributed by atoms with E-state index in [1.807, 2.05) is 0 Å². The summed E-state index contributed by atoms with van der Waals surface area (Å²) < 4.78 is 46.8. The second kappa shape index (κ2) is 12.7. The number of ether oxygens (including phenoxy) is 2. The Labute approximate surface area is 187 Å². The molecule has 0 aliphatic rings. The molecule has 33 heavy (non-hydrogen) atoms. The largest absolute Gasteiger partial charge is 0.573 e. The molecule has 2 rings (SSSR count). The Balaban J connectivity index is 1.71. The van der Waals surface area contributed by atoms with Gasteiger partial charge in [0, 0.05) is 30.7 Å². The van der Waals surface area contributed by atoms with Crippen LogP contribution in [0.1, 0.15) is 25.7 Å². The van der Waals surface area contributed by atoms with Crippen molar-refractivity contribution in [2.24, 2.45) is 4.99 Å². The highest BCUT2D eigenvalue weighted by Crippen LogP contribution is 2.35. The minimum atomic E-state index is -5.00. The lowest BCUT2D eigenvalue weighted by Crippen LogP contribution is -2.31. The van der Waals surface area contributed by atoms with Crippen molar-refractivity contribution < 1.29 is 27.6 Å². The number of benzene rings is 1. The van der Waals surface area contributed by atoms with E-state index < -0.39 is 22.7 Å². The third-order valence-corrected chi connectivity index (χ3v) is 4.09. The molecule has 176 valence electrons. The minimum absolute atomic E-state index is 0.115. The summed E-state index contributed by atoms with van der Waals surface area (Å²) in [6, 6.07) is 6.25. The Morgan fingerprint density at radius 2 is 1.88 bits per heavy atom. The number of guanidine groups is 1. The van der Waals surface area contributed by atoms with Gasteiger partial charge >= 0.3 is 6.36 Å². The number of non-ortho nitro benzene ring substituents is 1. The fraction of sp³-hybridized carbons (Fsp3) is 0.350. The molecule has 0 amide bonds. The molecule has 10 nitrogen and oxygen atoms in total. The topological polar surface area (TPSA) is 135 Å². The Hall–Kier alpha value is -4.08. The van der Waals surface area contributed by atoms with E-state index in [0.29, 0.717) is 25.0 Å². The number of pyridine rings is 1. The van der Waals surface area contributed by atoms with Crippen LogP contribution in [0.5, 0.6) is 11.5 Å². The number of alkyl halides is 3. The van der Waals surface area contributed by atoms with Gasteiger partial charge in [-0.05, 0) is 31.0 Å². The average molecular weight is 466 g/mol. The summed E-state index contributed by atoms with van der Waals surface area (Å²) in [5.41, 5.74) is 0.190. The first-order valence-electron chi connectivity index (χ1n) is 9.83. The van der Waals surface area contributed by atoms with Gasteiger partial charge in [-0.2, -0.15) is 5.26 Å². The lowest BCUT2D eigenvalue weighted by Gasteiger charge is -2.14. The van der Waals surface area contributed by atoms with Crippen LogP contribution in [-0.2, 0) is 0 Å². The molecule has 0 aliphatic carbocycles. The summed E-state index contributed by atoms with van der Waals surface area (Å²) in [6.45, 7) is 0.662. The number of hydrogen-bond donors (Lipinski definition) is 2. The quantitative estimate of drug-likeness (QED) is 0.125. The number of aromatic nitrogens is 1. The van der Waals surface area contributed by atoms with E-state index in [-0.39, 0.29) is 12.4 Å². The van der Waals surface area contributed by atoms with Crippen molar-refractivity contribution in [3.05, 3.63) is 52.8 Å². The first-order valence-corrected chi connectivity index (χ1v) is 9.83. The Kier molecular flexibility index (Phi) is 9.69. The van der Waals surface area contributed by atoms with E-state index >= 15 is 0 Å². The number of nitriles is 1. The summed E-state index contributed by atoms with van der Waals surface area (Å²) in [6.07, 6.45) is 2.74. The van der Waals surface area contributed by atoms with Gasteiger partial charge in [-0.3, -0.25) is 15.1 Å². The number of nitrogens with one attached hydrogen (secondary N) is 2. The van der Waals surface area contributed by atoms with Crippen LogP contribution in [0.25, 0.3) is 0 Å². The molecule has 0 atom stereocenters. The molecular formula is C20H21F3N6O4. The number of aliphatic imine (C=N–C) groups is 1. The van der Waals surface area contributed by atoms with Crippen molar-refractivity contribution in [1.29, 1.82) is 5.26 Å². The van der Waals surface area contributed by atoms with E-state index in [2.05, 4.69) is 25.3 Å². The number of hydrogen-bond acceptors (Lipinski definition) is 7. The molecule has 0 aliphatic heterocycles. The zero-order chi connectivity index (χ0) is 24.1. The molecule has 0 radical (unpaired) electrons. The van der Waals surface area contributed by atoms with E-state index in [0.717, 1.165) is 37.1 Å². The first-order chi connectivity index (χ1) is 15.8. The molecule has 1 heterocycles. The maximum atomic E-state index is 12.6. The molecule has 0 fully saturated rings. The molecule has 0 saturated heterocycles. The van der Waals surface area contributed by atoms with Crippen LogP contribution in [0.15, 0.2) is 47.7 Å². The molecule has 0 unspecified atom stereocenters. The van der Waals surface area contributed by atoms with Crippen molar-refractivity contribution in [1.82, 2.24) is 10.3 Å². The maximum Gasteiger partial charge on any atom is 0.573 e. The number of nitrogens with zero attached hydrogens (tertiary/aromatic N) is 4. The third-order valence-electron chi connectivity index (χ3n) is 4.09. The SMILES string of the molecule is N#C/N=C(\NCCCCCCOc1ccc([N+](=O)[O-])cc1OC(F)(F)F)Nc1ccncc1. The van der Waals surface area contributed by atoms with Crippen LogP contribution in [0.3, 0.4) is 0 Å². The van der Waals surface area contributed by atoms with Gasteiger partial charge in [-0.15, -0.1) is 18.2 Å². The van der Waals surface area contributed by atoms with Gasteiger partial charge in [0.05, 0.1) is 17.6 Å². The maximum absolute atomic E-state index is 12.6. The molecule has 2 N–H and O–H groups in total. The van der Waals surface area contributed by atoms with Crippen molar-refractivity contribution in [2.45, 2.75) is 32.0 Å². The minimum Gasteiger partial charge on any atom is -0.490 e. The summed E-state index contributed by atoms with van der Waals surface area (Å²) in [7, 11) is 0. The Morgan fingerprint density at radius 3 is 2.55 bits per heavy atom. The van der Waals surface area contributed by atoms with E-state index in [1.165, 1.54) is 0 Å². The van der Waals surface area contributed by atoms with E-state index in [4.69, 9.17) is 10.00 Å². The first kappa shape index (κ1) is 25.2. The van der Waals surface area contributed by atoms with Crippen LogP contribution in [0.4, 0.5) is 24.5 Å². The molecule has 2 aromatic rings. The third kappa shape index (κ3) is 9.72. The number of nitro groups is 1. The van der Waals surface area contributed by atoms with Crippen molar-refractivity contribution in [2.75, 3.05) is 18.5 Å². The molecule has 0 spiro atoms. The van der Waals surface area contributed by atoms with Gasteiger partial charge in [0.25, 0.3) is 5.69 Å². The molecule has 0 saturated carbocycles. The summed E-state index contributed by atoms with van der Waals surface area (Å²) in [5, 5.41) is 25.5. The van der Waals surface area contributed by atoms with Crippen molar-refractivity contribution >= 4 is 17.3 Å². The fourth-order valence-corrected chi connectivity index (χ4v) is 2.64. The molecule has 1 aromatic carbocycles. The second-order valence-corrected chi connectivity index (χ2v) is 6.55. The van der Waals surface area contributed by atoms with Crippen LogP contribution in [-0.4, -0.2) is 35.4 Å². The Morgan fingerprint density at radius 1 is 1.15 bits per heavy atom. The van der Waals surface area contributed by atoms with Crippen molar-refractivity contribution in [3.8, 4) is 17.7 Å². The summed E-state index contributed by atoms with van der Waals surface area (Å²) >= 11 is 0. The van der Waals surface area contributed by atoms with E-state index in [9.17, 15) is 23.3 Å². The predicted molar refractivity (Wildman–Crippen MR) is 113 cm³/mol. The fourth-order valence-electron chi connectivity index (χ4n) is 2.64. The molecule has 0 bridgehead atoms. The second-order valence-electron chi connectivity index (χ2n) is 6.55. The monoisotopic (exact) mass is 466 g/mol. The lowest BCUT2D eigenvalue weighted by atomic mass is 10.2. The van der Waals surface area contributed by atoms with Crippen LogP contribution in [0.2, 0.25) is 0 Å². The van der Waals surface area contributed by atoms with Gasteiger partial charge in [-0.25, -0.2) is 0 Å². The zero-order valence-electron chi connectivity index (χ0n) is 17.3. The normalized spacial score (nSPS) is 11.4. The van der Waals surface area contributed by atoms with Gasteiger partial charge in [-0.1, -0.05) is 12.8 Å². The van der Waals surface area contributed by atoms with Gasteiger partial charge in [0.15, 0.2) is 11.5 Å². The van der Waals surface area contributed by atoms with E-state index in [1.54, 1.807) is 30.7 Å². The Bertz CT molecular complexity index is 980. The number of anilines is 1. The van der Waals surface area contributed by atoms with Crippen LogP contribution >= 0.6 is 0 Å². The predicted octanol–water partition coefficient (Wildman–Crippen LogP) is 4.37. The van der Waals surface area contributed by atoms with Gasteiger partial charge < -0.3 is 20.1 Å². The lowest BCUT2D eigenvalue weighted by molar-refractivity contribution is -0.385. The summed E-state index contributed by atoms with van der Waals surface area (Å²) in [5.74, 6) is -0.673. The number of unbranched alkanes of at least 4 members (excludes halogenated alkanes) is 3. The van der Waals surface area contributed by atoms with Crippen molar-refractivity contribution in [3.63, 3.8) is 0 Å². The number of halogens is 3. The zero-order valence-corrected chi connectivity index (χ0v) is 17.3. The smallest absolute Gasteiger partial charge is 0.490 e. The molecule has 1 aromatic heterocycles. The summed E-state index contributed by atoms with van der Waals surface area (Å²) in [4.78, 5) is 17.5. The highest BCUT2D eigenvalue weighted by atomic mass is 19.4. The standard InChI is InChI=1S/C20H21F3N6O4/c21-20(22,23)33-18-13-16(29(30)31)5-6-17(18)32-12-4-2-1-3-9-26-19(27-14-24)28-15-7-10-25-11-8-15/h5-8,10-11,13H,1-4,9,12H2,(H2,25,26,27,28). The molecule has 13 heteroatoms. The molecular weight excluding hydrogens is 445 g/mol. The highest BCUT2D eigenvalue weighted by molar-refractivity contribution is 5.94. The highest BCUT2D eigenvalue weighted by Gasteiger charge is 2.33. The number of rotatable bonds is 11. The average Bonchev–Trinajstić information content (AvgIpc) is 2.76. The number of nitro benzene ring substituents is 1.